The third-order valence-corrected chi connectivity index (χ3v) is 10.3. The van der Waals surface area contributed by atoms with Gasteiger partial charge in [0.25, 0.3) is 0 Å². The van der Waals surface area contributed by atoms with Crippen LogP contribution in [0.3, 0.4) is 0 Å². The van der Waals surface area contributed by atoms with Crippen molar-refractivity contribution in [2.24, 2.45) is 5.92 Å². The van der Waals surface area contributed by atoms with Crippen LogP contribution in [0.4, 0.5) is 4.79 Å². The first-order valence-corrected chi connectivity index (χ1v) is 17.0. The van der Waals surface area contributed by atoms with Crippen LogP contribution in [0.1, 0.15) is 152 Å². The Bertz CT molecular complexity index is 1010. The van der Waals surface area contributed by atoms with Crippen LogP contribution >= 0.6 is 0 Å². The highest BCUT2D eigenvalue weighted by Crippen LogP contribution is 2.43. The summed E-state index contributed by atoms with van der Waals surface area (Å²) >= 11 is 0. The van der Waals surface area contributed by atoms with Gasteiger partial charge in [0.1, 0.15) is 5.60 Å². The van der Waals surface area contributed by atoms with Crippen molar-refractivity contribution in [3.05, 3.63) is 59.7 Å². The third kappa shape index (κ3) is 9.35. The van der Waals surface area contributed by atoms with Crippen LogP contribution in [0.25, 0.3) is 11.1 Å². The molecule has 2 aliphatic rings. The first-order chi connectivity index (χ1) is 20.1. The Morgan fingerprint density at radius 1 is 0.683 bits per heavy atom. The van der Waals surface area contributed by atoms with Gasteiger partial charge in [-0.1, -0.05) is 114 Å². The van der Waals surface area contributed by atoms with E-state index in [2.05, 4.69) is 62.4 Å². The topological polar surface area (TPSA) is 35.5 Å². The predicted molar refractivity (Wildman–Crippen MR) is 172 cm³/mol. The van der Waals surface area contributed by atoms with Gasteiger partial charge in [-0.3, -0.25) is 0 Å². The van der Waals surface area contributed by atoms with E-state index in [9.17, 15) is 4.79 Å². The van der Waals surface area contributed by atoms with E-state index < -0.39 is 6.16 Å². The number of ether oxygens (including phenoxy) is 2. The molecule has 4 rings (SSSR count). The minimum Gasteiger partial charge on any atom is -0.438 e. The highest BCUT2D eigenvalue weighted by Gasteiger charge is 2.39. The van der Waals surface area contributed by atoms with Gasteiger partial charge in [-0.2, -0.15) is 0 Å². The molecule has 0 spiro atoms. The molecule has 41 heavy (non-hydrogen) atoms. The molecule has 0 unspecified atom stereocenters. The van der Waals surface area contributed by atoms with Gasteiger partial charge in [0.05, 0.1) is 7.11 Å². The summed E-state index contributed by atoms with van der Waals surface area (Å²) in [6.45, 7) is 4.51. The van der Waals surface area contributed by atoms with Crippen LogP contribution in [0.5, 0.6) is 0 Å². The van der Waals surface area contributed by atoms with Gasteiger partial charge in [0.15, 0.2) is 0 Å². The zero-order valence-corrected chi connectivity index (χ0v) is 26.3. The lowest BCUT2D eigenvalue weighted by Gasteiger charge is -2.39. The molecular formula is C38H56O3. The molecular weight excluding hydrogens is 504 g/mol. The molecule has 226 valence electrons. The van der Waals surface area contributed by atoms with Crippen molar-refractivity contribution in [3.63, 3.8) is 0 Å². The van der Waals surface area contributed by atoms with Crippen LogP contribution in [-0.2, 0) is 9.47 Å². The number of hydrogen-bond donors (Lipinski definition) is 0. The van der Waals surface area contributed by atoms with Crippen molar-refractivity contribution >= 4 is 6.16 Å². The summed E-state index contributed by atoms with van der Waals surface area (Å²) in [6.07, 6.45) is 21.9. The van der Waals surface area contributed by atoms with Crippen molar-refractivity contribution in [2.45, 2.75) is 147 Å². The van der Waals surface area contributed by atoms with Gasteiger partial charge in [-0.05, 0) is 104 Å². The standard InChI is InChI=1S/C38H56O3/c1-4-6-8-9-10-12-30-13-15-31(16-14-30)32-17-19-33(20-18-32)34-21-23-35(24-22-34)36-25-28-38(29-26-36,27-11-7-5-2)41-37(39)40-3/h17-24,30-31,36H,4-16,25-29H2,1-3H3/t30-,31-,36?,38?. The molecule has 2 fully saturated rings. The largest absolute Gasteiger partial charge is 0.508 e. The quantitative estimate of drug-likeness (QED) is 0.170. The van der Waals surface area contributed by atoms with Crippen molar-refractivity contribution < 1.29 is 14.3 Å². The fourth-order valence-electron chi connectivity index (χ4n) is 7.51. The lowest BCUT2D eigenvalue weighted by atomic mass is 9.74. The van der Waals surface area contributed by atoms with E-state index in [1.165, 1.54) is 106 Å². The van der Waals surface area contributed by atoms with E-state index in [-0.39, 0.29) is 5.60 Å². The highest BCUT2D eigenvalue weighted by atomic mass is 16.7. The number of carbonyl (C=O) groups is 1. The summed E-state index contributed by atoms with van der Waals surface area (Å²) in [5.41, 5.74) is 5.20. The molecule has 3 nitrogen and oxygen atoms in total. The Morgan fingerprint density at radius 2 is 1.20 bits per heavy atom. The van der Waals surface area contributed by atoms with Gasteiger partial charge < -0.3 is 9.47 Å². The Morgan fingerprint density at radius 3 is 1.73 bits per heavy atom. The zero-order chi connectivity index (χ0) is 28.9. The van der Waals surface area contributed by atoms with Crippen LogP contribution < -0.4 is 0 Å². The molecule has 2 aromatic carbocycles. The Hall–Kier alpha value is -2.29. The summed E-state index contributed by atoms with van der Waals surface area (Å²) in [7, 11) is 1.41. The zero-order valence-electron chi connectivity index (χ0n) is 26.3. The second-order valence-electron chi connectivity index (χ2n) is 13.1. The van der Waals surface area contributed by atoms with Crippen molar-refractivity contribution in [2.75, 3.05) is 7.11 Å². The number of hydrogen-bond acceptors (Lipinski definition) is 3. The lowest BCUT2D eigenvalue weighted by Crippen LogP contribution is -2.39. The molecule has 2 saturated carbocycles. The van der Waals surface area contributed by atoms with Crippen LogP contribution in [0, 0.1) is 5.92 Å². The molecule has 2 aliphatic carbocycles. The van der Waals surface area contributed by atoms with E-state index in [0.29, 0.717) is 5.92 Å². The summed E-state index contributed by atoms with van der Waals surface area (Å²) < 4.78 is 10.7. The third-order valence-electron chi connectivity index (χ3n) is 10.3. The molecule has 0 atom stereocenters. The number of methoxy groups -OCH3 is 1. The second-order valence-corrected chi connectivity index (χ2v) is 13.1. The van der Waals surface area contributed by atoms with Gasteiger partial charge >= 0.3 is 6.16 Å². The van der Waals surface area contributed by atoms with Crippen LogP contribution in [0.15, 0.2) is 48.5 Å². The van der Waals surface area contributed by atoms with Crippen molar-refractivity contribution in [1.29, 1.82) is 0 Å². The molecule has 0 bridgehead atoms. The van der Waals surface area contributed by atoms with Crippen molar-refractivity contribution in [1.82, 2.24) is 0 Å². The van der Waals surface area contributed by atoms with E-state index in [1.807, 2.05) is 0 Å². The summed E-state index contributed by atoms with van der Waals surface area (Å²) in [5.74, 6) is 2.23. The van der Waals surface area contributed by atoms with Gasteiger partial charge in [0, 0.05) is 0 Å². The molecule has 0 amide bonds. The minimum atomic E-state index is -0.531. The fourth-order valence-corrected chi connectivity index (χ4v) is 7.51. The lowest BCUT2D eigenvalue weighted by molar-refractivity contribution is -0.0573. The monoisotopic (exact) mass is 560 g/mol. The molecule has 0 N–H and O–H groups in total. The highest BCUT2D eigenvalue weighted by molar-refractivity contribution is 5.64. The Balaban J connectivity index is 1.26. The van der Waals surface area contributed by atoms with Gasteiger partial charge in [0.2, 0.25) is 0 Å². The number of carbonyl (C=O) groups excluding carboxylic acids is 1. The molecule has 3 heteroatoms. The van der Waals surface area contributed by atoms with Gasteiger partial charge in [-0.15, -0.1) is 0 Å². The molecule has 0 radical (unpaired) electrons. The maximum Gasteiger partial charge on any atom is 0.508 e. The van der Waals surface area contributed by atoms with E-state index in [4.69, 9.17) is 9.47 Å². The average Bonchev–Trinajstić information content (AvgIpc) is 3.02. The first-order valence-electron chi connectivity index (χ1n) is 17.0. The molecule has 0 aliphatic heterocycles. The van der Waals surface area contributed by atoms with Crippen molar-refractivity contribution in [3.8, 4) is 11.1 Å². The Labute approximate surface area is 250 Å². The molecule has 0 aromatic heterocycles. The normalized spacial score (nSPS) is 24.6. The predicted octanol–water partition coefficient (Wildman–Crippen LogP) is 11.7. The SMILES string of the molecule is CCCCCCC[C@H]1CC[C@H](c2ccc(-c3ccc(C4CCC(CCCCC)(OC(=O)OC)CC4)cc3)cc2)CC1. The molecule has 2 aromatic rings. The fraction of sp³-hybridized carbons (Fsp3) is 0.658. The maximum absolute atomic E-state index is 12.0. The molecule has 0 saturated heterocycles. The Kier molecular flexibility index (Phi) is 12.6. The summed E-state index contributed by atoms with van der Waals surface area (Å²) in [6, 6.07) is 18.7. The number of benzene rings is 2. The average molecular weight is 561 g/mol. The molecule has 0 heterocycles. The van der Waals surface area contributed by atoms with E-state index in [0.717, 1.165) is 50.4 Å². The maximum atomic E-state index is 12.0. The minimum absolute atomic E-state index is 0.353. The number of rotatable bonds is 14. The van der Waals surface area contributed by atoms with Gasteiger partial charge in [-0.25, -0.2) is 4.79 Å². The first kappa shape index (κ1) is 31.6. The van der Waals surface area contributed by atoms with Crippen LogP contribution in [-0.4, -0.2) is 18.9 Å². The summed E-state index contributed by atoms with van der Waals surface area (Å²) in [5, 5.41) is 0. The number of unbranched alkanes of at least 4 members (excludes halogenated alkanes) is 6. The smallest absolute Gasteiger partial charge is 0.438 e. The summed E-state index contributed by atoms with van der Waals surface area (Å²) in [4.78, 5) is 12.0. The van der Waals surface area contributed by atoms with E-state index >= 15 is 0 Å². The van der Waals surface area contributed by atoms with Crippen LogP contribution in [0.2, 0.25) is 0 Å². The van der Waals surface area contributed by atoms with E-state index in [1.54, 1.807) is 0 Å². The second kappa shape index (κ2) is 16.4.